The van der Waals surface area contributed by atoms with Crippen molar-refractivity contribution in [1.82, 2.24) is 20.5 Å². The Hall–Kier alpha value is -4.35. The second-order valence-electron chi connectivity index (χ2n) is 7.02. The summed E-state index contributed by atoms with van der Waals surface area (Å²) < 4.78 is 44.8. The number of halogens is 3. The van der Waals surface area contributed by atoms with Crippen LogP contribution in [0.3, 0.4) is 0 Å². The third kappa shape index (κ3) is 5.47. The lowest BCUT2D eigenvalue weighted by Crippen LogP contribution is -2.35. The predicted octanol–water partition coefficient (Wildman–Crippen LogP) is 3.83. The molecule has 0 saturated carbocycles. The lowest BCUT2D eigenvalue weighted by atomic mass is 10.1. The number of pyridine rings is 1. The van der Waals surface area contributed by atoms with Gasteiger partial charge in [-0.15, -0.1) is 0 Å². The van der Waals surface area contributed by atoms with E-state index >= 15 is 0 Å². The highest BCUT2D eigenvalue weighted by molar-refractivity contribution is 5.98. The zero-order valence-electron chi connectivity index (χ0n) is 17.2. The van der Waals surface area contributed by atoms with Crippen molar-refractivity contribution in [2.24, 2.45) is 0 Å². The second kappa shape index (κ2) is 9.02. The van der Waals surface area contributed by atoms with Crippen molar-refractivity contribution in [1.29, 1.82) is 0 Å². The number of nitrogens with one attached hydrogen (secondary N) is 2. The van der Waals surface area contributed by atoms with E-state index in [1.54, 1.807) is 18.5 Å². The average Bonchev–Trinajstić information content (AvgIpc) is 3.21. The first kappa shape index (κ1) is 21.9. The van der Waals surface area contributed by atoms with Crippen molar-refractivity contribution in [3.05, 3.63) is 77.9 Å². The number of hydrogen-bond acceptors (Lipinski definition) is 6. The van der Waals surface area contributed by atoms with Crippen LogP contribution >= 0.6 is 0 Å². The van der Waals surface area contributed by atoms with Crippen molar-refractivity contribution in [3.8, 4) is 11.3 Å². The maximum atomic E-state index is 12.8. The van der Waals surface area contributed by atoms with E-state index in [0.29, 0.717) is 5.69 Å². The molecule has 3 aromatic heterocycles. The molecule has 0 bridgehead atoms. The number of benzene rings is 1. The minimum absolute atomic E-state index is 0.00582. The fourth-order valence-corrected chi connectivity index (χ4v) is 2.96. The number of aromatic nitrogens is 5. The monoisotopic (exact) mass is 456 g/mol. The van der Waals surface area contributed by atoms with Gasteiger partial charge in [-0.25, -0.2) is 4.79 Å². The second-order valence-corrected chi connectivity index (χ2v) is 7.02. The predicted molar refractivity (Wildman–Crippen MR) is 110 cm³/mol. The normalized spacial score (nSPS) is 11.3. The molecule has 0 spiro atoms. The molecular formula is C21H17F3N7O2+. The first-order chi connectivity index (χ1) is 15.8. The third-order valence-electron chi connectivity index (χ3n) is 4.54. The van der Waals surface area contributed by atoms with E-state index in [9.17, 15) is 18.0 Å². The number of rotatable bonds is 5. The van der Waals surface area contributed by atoms with Gasteiger partial charge in [-0.1, -0.05) is 6.07 Å². The number of carbonyl (C=O) groups is 1. The number of amides is 2. The Bertz CT molecular complexity index is 1270. The molecule has 0 radical (unpaired) electrons. The Morgan fingerprint density at radius 1 is 1.15 bits per heavy atom. The van der Waals surface area contributed by atoms with Gasteiger partial charge in [-0.3, -0.25) is 14.8 Å². The average molecular weight is 456 g/mol. The van der Waals surface area contributed by atoms with Crippen molar-refractivity contribution in [2.45, 2.75) is 19.6 Å². The lowest BCUT2D eigenvalue weighted by molar-refractivity contribution is -0.755. The van der Waals surface area contributed by atoms with Gasteiger partial charge in [-0.2, -0.15) is 23.4 Å². The van der Waals surface area contributed by atoms with E-state index in [2.05, 4.69) is 31.1 Å². The first-order valence-electron chi connectivity index (χ1n) is 9.63. The molecule has 4 rings (SSSR count). The van der Waals surface area contributed by atoms with Crippen LogP contribution in [0.1, 0.15) is 16.8 Å². The van der Waals surface area contributed by atoms with Gasteiger partial charge in [0.15, 0.2) is 0 Å². The standard InChI is InChI=1S/C21H16F3N7O2/c1-13-7-8-26-29-19(13)14-5-6-17(25-10-14)11-31-12-18(33-30-31)28-20(32)27-16-4-2-3-15(9-16)21(22,23)24/h2-10,12H,11H2,1H3,(H-,27,28,30,32)/p+1. The van der Waals surface area contributed by atoms with E-state index in [0.717, 1.165) is 29.0 Å². The summed E-state index contributed by atoms with van der Waals surface area (Å²) in [7, 11) is 0. The molecule has 9 nitrogen and oxygen atoms in total. The highest BCUT2D eigenvalue weighted by Crippen LogP contribution is 2.30. The molecule has 33 heavy (non-hydrogen) atoms. The molecule has 4 aromatic rings. The molecule has 2 amide bonds. The molecule has 0 aliphatic heterocycles. The summed E-state index contributed by atoms with van der Waals surface area (Å²) in [5.74, 6) is 0.00582. The lowest BCUT2D eigenvalue weighted by Gasteiger charge is -2.09. The fourth-order valence-electron chi connectivity index (χ4n) is 2.96. The molecule has 3 heterocycles. The zero-order chi connectivity index (χ0) is 23.4. The van der Waals surface area contributed by atoms with Gasteiger partial charge in [0, 0.05) is 23.6 Å². The topological polar surface area (TPSA) is 110 Å². The first-order valence-corrected chi connectivity index (χ1v) is 9.63. The summed E-state index contributed by atoms with van der Waals surface area (Å²) >= 11 is 0. The molecule has 0 fully saturated rings. The maximum absolute atomic E-state index is 12.8. The van der Waals surface area contributed by atoms with Crippen LogP contribution in [-0.4, -0.2) is 26.5 Å². The maximum Gasteiger partial charge on any atom is 0.416 e. The van der Waals surface area contributed by atoms with Crippen molar-refractivity contribution < 1.29 is 27.2 Å². The molecule has 2 N–H and O–H groups in total. The van der Waals surface area contributed by atoms with Crippen LogP contribution in [-0.2, 0) is 12.7 Å². The summed E-state index contributed by atoms with van der Waals surface area (Å²) in [6, 6.07) is 9.03. The van der Waals surface area contributed by atoms with Gasteiger partial charge in [-0.05, 0) is 53.6 Å². The van der Waals surface area contributed by atoms with Crippen molar-refractivity contribution in [3.63, 3.8) is 0 Å². The van der Waals surface area contributed by atoms with Crippen LogP contribution in [0.5, 0.6) is 0 Å². The molecule has 168 valence electrons. The minimum Gasteiger partial charge on any atom is -0.308 e. The SMILES string of the molecule is Cc1ccnnc1-c1ccc(C[n+]2cc(NC(=O)Nc3cccc(C(F)(F)F)c3)on2)nc1. The van der Waals surface area contributed by atoms with Crippen LogP contribution in [0.4, 0.5) is 29.5 Å². The summed E-state index contributed by atoms with van der Waals surface area (Å²) in [6.07, 6.45) is 0.209. The quantitative estimate of drug-likeness (QED) is 0.442. The Kier molecular flexibility index (Phi) is 5.98. The molecule has 0 aliphatic rings. The Morgan fingerprint density at radius 3 is 2.73 bits per heavy atom. The summed E-state index contributed by atoms with van der Waals surface area (Å²) in [6.45, 7) is 2.20. The Labute approximate surface area is 185 Å². The van der Waals surface area contributed by atoms with Gasteiger partial charge in [0.25, 0.3) is 6.20 Å². The summed E-state index contributed by atoms with van der Waals surface area (Å²) in [5.41, 5.74) is 2.33. The molecule has 0 aliphatic carbocycles. The highest BCUT2D eigenvalue weighted by atomic mass is 19.4. The fraction of sp³-hybridized carbons (Fsp3) is 0.143. The van der Waals surface area contributed by atoms with Crippen molar-refractivity contribution in [2.75, 3.05) is 10.6 Å². The number of nitrogens with zero attached hydrogens (tertiary/aromatic N) is 5. The van der Waals surface area contributed by atoms with E-state index in [-0.39, 0.29) is 18.1 Å². The van der Waals surface area contributed by atoms with Gasteiger partial charge < -0.3 is 5.32 Å². The van der Waals surface area contributed by atoms with Crippen LogP contribution in [0, 0.1) is 6.92 Å². The molecular weight excluding hydrogens is 439 g/mol. The van der Waals surface area contributed by atoms with Gasteiger partial charge >= 0.3 is 18.1 Å². The minimum atomic E-state index is -4.51. The number of aryl methyl sites for hydroxylation is 1. The van der Waals surface area contributed by atoms with E-state index in [1.165, 1.54) is 23.0 Å². The van der Waals surface area contributed by atoms with E-state index < -0.39 is 17.8 Å². The number of anilines is 2. The van der Waals surface area contributed by atoms with Crippen LogP contribution < -0.4 is 15.3 Å². The van der Waals surface area contributed by atoms with Crippen LogP contribution in [0.2, 0.25) is 0 Å². The number of carbonyl (C=O) groups excluding carboxylic acids is 1. The third-order valence-corrected chi connectivity index (χ3v) is 4.54. The smallest absolute Gasteiger partial charge is 0.308 e. The Balaban J connectivity index is 1.36. The highest BCUT2D eigenvalue weighted by Gasteiger charge is 2.30. The van der Waals surface area contributed by atoms with Gasteiger partial charge in [0.1, 0.15) is 5.69 Å². The zero-order valence-corrected chi connectivity index (χ0v) is 17.2. The molecule has 12 heteroatoms. The number of hydrogen-bond donors (Lipinski definition) is 2. The van der Waals surface area contributed by atoms with Crippen molar-refractivity contribution >= 4 is 17.6 Å². The van der Waals surface area contributed by atoms with Gasteiger partial charge in [0.2, 0.25) is 11.8 Å². The summed E-state index contributed by atoms with van der Waals surface area (Å²) in [5, 5.41) is 16.5. The van der Waals surface area contributed by atoms with E-state index in [1.807, 2.05) is 19.1 Å². The number of alkyl halides is 3. The van der Waals surface area contributed by atoms with Crippen LogP contribution in [0.15, 0.2) is 65.6 Å². The molecule has 0 saturated heterocycles. The number of urea groups is 1. The van der Waals surface area contributed by atoms with Crippen LogP contribution in [0.25, 0.3) is 11.3 Å². The summed E-state index contributed by atoms with van der Waals surface area (Å²) in [4.78, 5) is 16.5. The van der Waals surface area contributed by atoms with Gasteiger partial charge in [0.05, 0.1) is 11.3 Å². The Morgan fingerprint density at radius 2 is 2.00 bits per heavy atom. The molecule has 1 aromatic carbocycles. The largest absolute Gasteiger partial charge is 0.416 e. The van der Waals surface area contributed by atoms with E-state index in [4.69, 9.17) is 4.52 Å². The molecule has 0 unspecified atom stereocenters. The molecule has 0 atom stereocenters.